The highest BCUT2D eigenvalue weighted by atomic mass is 16.5. The summed E-state index contributed by atoms with van der Waals surface area (Å²) in [6.07, 6.45) is 2.16. The van der Waals surface area contributed by atoms with Gasteiger partial charge < -0.3 is 15.4 Å². The molecule has 0 spiro atoms. The van der Waals surface area contributed by atoms with Crippen molar-refractivity contribution < 1.29 is 9.53 Å². The Morgan fingerprint density at radius 2 is 1.74 bits per heavy atom. The monoisotopic (exact) mass is 416 g/mol. The van der Waals surface area contributed by atoms with E-state index in [1.165, 1.54) is 5.56 Å². The average molecular weight is 417 g/mol. The molecule has 2 N–H and O–H groups in total. The van der Waals surface area contributed by atoms with Crippen LogP contribution in [0.4, 0.5) is 23.1 Å². The molecule has 0 unspecified atom stereocenters. The molecule has 1 heterocycles. The van der Waals surface area contributed by atoms with Crippen LogP contribution < -0.4 is 15.4 Å². The van der Waals surface area contributed by atoms with E-state index >= 15 is 0 Å². The van der Waals surface area contributed by atoms with E-state index in [1.54, 1.807) is 7.11 Å². The second kappa shape index (κ2) is 8.38. The van der Waals surface area contributed by atoms with Gasteiger partial charge in [0.2, 0.25) is 5.95 Å². The number of anilines is 4. The maximum Gasteiger partial charge on any atom is 0.229 e. The van der Waals surface area contributed by atoms with E-state index in [4.69, 9.17) is 9.72 Å². The number of fused-ring (bicyclic) bond motifs is 1. The molecule has 1 aliphatic carbocycles. The number of hydrogen-bond donors (Lipinski definition) is 2. The van der Waals surface area contributed by atoms with Gasteiger partial charge in [-0.25, -0.2) is 4.98 Å². The maximum atomic E-state index is 13.0. The molecule has 160 valence electrons. The van der Waals surface area contributed by atoms with Crippen LogP contribution in [0.1, 0.15) is 48.8 Å². The van der Waals surface area contributed by atoms with E-state index in [0.29, 0.717) is 35.9 Å². The van der Waals surface area contributed by atoms with Gasteiger partial charge in [0.05, 0.1) is 24.1 Å². The number of Topliss-reactive ketones (excluding diaryl/α,β-unsaturated/α-hetero) is 1. The molecule has 31 heavy (non-hydrogen) atoms. The van der Waals surface area contributed by atoms with Crippen LogP contribution in [0.2, 0.25) is 0 Å². The van der Waals surface area contributed by atoms with Gasteiger partial charge in [-0.3, -0.25) is 4.79 Å². The van der Waals surface area contributed by atoms with E-state index in [2.05, 4.69) is 48.5 Å². The third kappa shape index (κ3) is 4.53. The predicted molar refractivity (Wildman–Crippen MR) is 124 cm³/mol. The zero-order chi connectivity index (χ0) is 22.0. The van der Waals surface area contributed by atoms with Crippen LogP contribution in [-0.2, 0) is 12.8 Å². The van der Waals surface area contributed by atoms with Gasteiger partial charge in [0, 0.05) is 12.1 Å². The molecule has 4 rings (SSSR count). The molecule has 0 saturated carbocycles. The molecule has 6 heteroatoms. The van der Waals surface area contributed by atoms with Crippen LogP contribution in [0, 0.1) is 5.41 Å². The number of carbonyl (C=O) groups is 1. The molecule has 0 bridgehead atoms. The summed E-state index contributed by atoms with van der Waals surface area (Å²) < 4.78 is 5.44. The van der Waals surface area contributed by atoms with E-state index in [9.17, 15) is 4.79 Å². The normalized spacial score (nSPS) is 14.6. The topological polar surface area (TPSA) is 76.1 Å². The first-order valence-corrected chi connectivity index (χ1v) is 10.6. The maximum absolute atomic E-state index is 13.0. The van der Waals surface area contributed by atoms with Gasteiger partial charge in [-0.05, 0) is 48.1 Å². The lowest BCUT2D eigenvalue weighted by Gasteiger charge is -2.30. The molecular weight excluding hydrogens is 388 g/mol. The number of nitrogens with one attached hydrogen (secondary N) is 2. The second-order valence-corrected chi connectivity index (χ2v) is 8.66. The Labute approximate surface area is 183 Å². The fraction of sp³-hybridized carbons (Fsp3) is 0.320. The first kappa shape index (κ1) is 20.8. The van der Waals surface area contributed by atoms with Gasteiger partial charge in [0.25, 0.3) is 0 Å². The molecule has 0 amide bonds. The number of ketones is 1. The van der Waals surface area contributed by atoms with Gasteiger partial charge in [-0.1, -0.05) is 45.0 Å². The largest absolute Gasteiger partial charge is 0.495 e. The first-order valence-electron chi connectivity index (χ1n) is 10.6. The summed E-state index contributed by atoms with van der Waals surface area (Å²) in [5, 5.41) is 6.61. The standard InChI is InChI=1S/C25H28N4O2/c1-5-16-10-12-17(13-11-16)26-23-22-19(14-25(2,3)15-20(22)30)28-24(29-23)27-18-8-6-7-9-21(18)31-4/h6-13H,5,14-15H2,1-4H3,(H2,26,27,28,29). The fourth-order valence-corrected chi connectivity index (χ4v) is 3.94. The number of para-hydroxylation sites is 2. The zero-order valence-electron chi connectivity index (χ0n) is 18.5. The number of rotatable bonds is 6. The van der Waals surface area contributed by atoms with Crippen LogP contribution in [0.15, 0.2) is 48.5 Å². The zero-order valence-corrected chi connectivity index (χ0v) is 18.5. The summed E-state index contributed by atoms with van der Waals surface area (Å²) in [4.78, 5) is 22.4. The second-order valence-electron chi connectivity index (χ2n) is 8.66. The SMILES string of the molecule is CCc1ccc(Nc2nc(Nc3ccccc3OC)nc3c2C(=O)CC(C)(C)C3)cc1. The third-order valence-corrected chi connectivity index (χ3v) is 5.53. The van der Waals surface area contributed by atoms with Crippen molar-refractivity contribution in [2.24, 2.45) is 5.41 Å². The van der Waals surface area contributed by atoms with Crippen LogP contribution in [0.25, 0.3) is 0 Å². The Kier molecular flexibility index (Phi) is 5.63. The summed E-state index contributed by atoms with van der Waals surface area (Å²) in [5.74, 6) is 1.74. The number of carbonyl (C=O) groups excluding carboxylic acids is 1. The molecule has 0 atom stereocenters. The van der Waals surface area contributed by atoms with Crippen molar-refractivity contribution in [3.63, 3.8) is 0 Å². The fourth-order valence-electron chi connectivity index (χ4n) is 3.94. The summed E-state index contributed by atoms with van der Waals surface area (Å²) in [7, 11) is 1.63. The molecule has 0 fully saturated rings. The molecule has 0 radical (unpaired) electrons. The smallest absolute Gasteiger partial charge is 0.229 e. The average Bonchev–Trinajstić information content (AvgIpc) is 2.73. The van der Waals surface area contributed by atoms with Gasteiger partial charge >= 0.3 is 0 Å². The Morgan fingerprint density at radius 3 is 2.45 bits per heavy atom. The Balaban J connectivity index is 1.76. The number of nitrogens with zero attached hydrogens (tertiary/aromatic N) is 2. The number of ether oxygens (including phenoxy) is 1. The number of aryl methyl sites for hydroxylation is 1. The van der Waals surface area contributed by atoms with Gasteiger partial charge in [0.1, 0.15) is 11.6 Å². The van der Waals surface area contributed by atoms with Crippen molar-refractivity contribution in [3.8, 4) is 5.75 Å². The van der Waals surface area contributed by atoms with Crippen molar-refractivity contribution in [2.75, 3.05) is 17.7 Å². The lowest BCUT2D eigenvalue weighted by molar-refractivity contribution is 0.0911. The Bertz CT molecular complexity index is 1110. The molecule has 3 aromatic rings. The van der Waals surface area contributed by atoms with E-state index in [-0.39, 0.29) is 11.2 Å². The summed E-state index contributed by atoms with van der Waals surface area (Å²) in [6.45, 7) is 6.32. The van der Waals surface area contributed by atoms with Crippen molar-refractivity contribution in [1.29, 1.82) is 0 Å². The van der Waals surface area contributed by atoms with Crippen molar-refractivity contribution in [3.05, 3.63) is 65.4 Å². The minimum absolute atomic E-state index is 0.0720. The van der Waals surface area contributed by atoms with E-state index in [0.717, 1.165) is 23.5 Å². The third-order valence-electron chi connectivity index (χ3n) is 5.53. The van der Waals surface area contributed by atoms with Crippen molar-refractivity contribution in [1.82, 2.24) is 9.97 Å². The van der Waals surface area contributed by atoms with Crippen LogP contribution in [0.3, 0.4) is 0 Å². The molecule has 1 aliphatic rings. The minimum Gasteiger partial charge on any atom is -0.495 e. The molecule has 2 aromatic carbocycles. The van der Waals surface area contributed by atoms with Crippen LogP contribution >= 0.6 is 0 Å². The van der Waals surface area contributed by atoms with Crippen molar-refractivity contribution in [2.45, 2.75) is 40.0 Å². The first-order chi connectivity index (χ1) is 14.9. The number of methoxy groups -OCH3 is 1. The van der Waals surface area contributed by atoms with Gasteiger partial charge in [-0.2, -0.15) is 4.98 Å². The number of hydrogen-bond acceptors (Lipinski definition) is 6. The molecular formula is C25H28N4O2. The summed E-state index contributed by atoms with van der Waals surface area (Å²) in [6, 6.07) is 15.8. The predicted octanol–water partition coefficient (Wildman–Crippen LogP) is 5.69. The highest BCUT2D eigenvalue weighted by Gasteiger charge is 2.35. The highest BCUT2D eigenvalue weighted by molar-refractivity contribution is 6.03. The molecule has 6 nitrogen and oxygen atoms in total. The number of aromatic nitrogens is 2. The van der Waals surface area contributed by atoms with Gasteiger partial charge in [0.15, 0.2) is 5.78 Å². The minimum atomic E-state index is -0.139. The molecule has 1 aromatic heterocycles. The van der Waals surface area contributed by atoms with E-state index < -0.39 is 0 Å². The van der Waals surface area contributed by atoms with Crippen LogP contribution in [-0.4, -0.2) is 22.9 Å². The lowest BCUT2D eigenvalue weighted by Crippen LogP contribution is -2.29. The summed E-state index contributed by atoms with van der Waals surface area (Å²) >= 11 is 0. The Hall–Kier alpha value is -3.41. The van der Waals surface area contributed by atoms with Gasteiger partial charge in [-0.15, -0.1) is 0 Å². The van der Waals surface area contributed by atoms with Crippen molar-refractivity contribution >= 4 is 28.9 Å². The molecule has 0 saturated heterocycles. The summed E-state index contributed by atoms with van der Waals surface area (Å²) in [5.41, 5.74) is 4.13. The highest BCUT2D eigenvalue weighted by Crippen LogP contribution is 2.38. The van der Waals surface area contributed by atoms with E-state index in [1.807, 2.05) is 36.4 Å². The Morgan fingerprint density at radius 1 is 1.00 bits per heavy atom. The lowest BCUT2D eigenvalue weighted by atomic mass is 9.75. The van der Waals surface area contributed by atoms with Crippen LogP contribution in [0.5, 0.6) is 5.75 Å². The number of benzene rings is 2. The quantitative estimate of drug-likeness (QED) is 0.538. The molecule has 0 aliphatic heterocycles.